The van der Waals surface area contributed by atoms with Crippen molar-refractivity contribution in [3.63, 3.8) is 0 Å². The molecule has 5 nitrogen and oxygen atoms in total. The van der Waals surface area contributed by atoms with Crippen molar-refractivity contribution in [1.29, 1.82) is 0 Å². The summed E-state index contributed by atoms with van der Waals surface area (Å²) in [5, 5.41) is 0. The van der Waals surface area contributed by atoms with Gasteiger partial charge in [-0.15, -0.1) is 0 Å². The van der Waals surface area contributed by atoms with Gasteiger partial charge >= 0.3 is 5.97 Å². The molecule has 0 radical (unpaired) electrons. The number of likely N-dealkylation sites (tertiary alicyclic amines) is 1. The summed E-state index contributed by atoms with van der Waals surface area (Å²) in [6.07, 6.45) is 4.57. The maximum atomic E-state index is 12.6. The quantitative estimate of drug-likeness (QED) is 0.575. The molecule has 0 aromatic heterocycles. The number of hydrogen-bond donors (Lipinski definition) is 0. The lowest BCUT2D eigenvalue weighted by Crippen LogP contribution is -2.27. The highest BCUT2D eigenvalue weighted by Crippen LogP contribution is 2.33. The van der Waals surface area contributed by atoms with Crippen LogP contribution in [0.25, 0.3) is 17.2 Å². The third-order valence-electron chi connectivity index (χ3n) is 6.06. The molecule has 4 rings (SSSR count). The number of amides is 1. The molecule has 0 bridgehead atoms. The molecule has 1 saturated heterocycles. The minimum absolute atomic E-state index is 0.105. The van der Waals surface area contributed by atoms with Crippen molar-refractivity contribution in [3.8, 4) is 11.1 Å². The Bertz CT molecular complexity index is 1070. The van der Waals surface area contributed by atoms with E-state index in [1.807, 2.05) is 54.3 Å². The van der Waals surface area contributed by atoms with Crippen molar-refractivity contribution in [2.24, 2.45) is 10.9 Å². The normalized spacial score (nSPS) is 15.7. The highest BCUT2D eigenvalue weighted by molar-refractivity contribution is 6.05. The summed E-state index contributed by atoms with van der Waals surface area (Å²) in [4.78, 5) is 31.9. The van der Waals surface area contributed by atoms with E-state index in [-0.39, 0.29) is 17.8 Å². The molecule has 5 heteroatoms. The Morgan fingerprint density at radius 2 is 1.72 bits per heavy atom. The summed E-state index contributed by atoms with van der Waals surface area (Å²) in [7, 11) is 0. The fraction of sp³-hybridized carbons (Fsp3) is 0.370. The van der Waals surface area contributed by atoms with Crippen molar-refractivity contribution in [3.05, 3.63) is 59.2 Å². The third kappa shape index (κ3) is 4.67. The van der Waals surface area contributed by atoms with E-state index in [0.29, 0.717) is 18.6 Å². The van der Waals surface area contributed by atoms with Crippen molar-refractivity contribution in [2.45, 2.75) is 40.0 Å². The van der Waals surface area contributed by atoms with Gasteiger partial charge in [0.05, 0.1) is 12.3 Å². The van der Waals surface area contributed by atoms with Crippen molar-refractivity contribution >= 4 is 29.4 Å². The molecule has 2 aliphatic rings. The van der Waals surface area contributed by atoms with Gasteiger partial charge in [0.25, 0.3) is 5.91 Å². The van der Waals surface area contributed by atoms with Crippen LogP contribution < -0.4 is 0 Å². The number of esters is 1. The molecule has 0 saturated carbocycles. The van der Waals surface area contributed by atoms with Crippen molar-refractivity contribution < 1.29 is 14.3 Å². The lowest BCUT2D eigenvalue weighted by atomic mass is 9.98. The van der Waals surface area contributed by atoms with E-state index in [9.17, 15) is 9.59 Å². The van der Waals surface area contributed by atoms with Crippen LogP contribution in [-0.2, 0) is 9.53 Å². The Balaban J connectivity index is 1.66. The number of carbonyl (C=O) groups excluding carboxylic acids is 2. The molecule has 0 unspecified atom stereocenters. The Kier molecular flexibility index (Phi) is 6.54. The largest absolute Gasteiger partial charge is 0.463 e. The van der Waals surface area contributed by atoms with E-state index < -0.39 is 0 Å². The van der Waals surface area contributed by atoms with E-state index in [4.69, 9.17) is 9.73 Å². The summed E-state index contributed by atoms with van der Waals surface area (Å²) < 4.78 is 5.27. The Labute approximate surface area is 189 Å². The van der Waals surface area contributed by atoms with Crippen LogP contribution in [-0.4, -0.2) is 42.2 Å². The number of ether oxygens (including phenoxy) is 1. The average Bonchev–Trinajstić information content (AvgIpc) is 3.26. The van der Waals surface area contributed by atoms with Gasteiger partial charge in [-0.3, -0.25) is 9.79 Å². The van der Waals surface area contributed by atoms with Crippen molar-refractivity contribution in [1.82, 2.24) is 4.90 Å². The molecule has 2 aromatic carbocycles. The average molecular weight is 431 g/mol. The maximum Gasteiger partial charge on any atom is 0.334 e. The summed E-state index contributed by atoms with van der Waals surface area (Å²) >= 11 is 0. The van der Waals surface area contributed by atoms with Crippen LogP contribution in [0.2, 0.25) is 0 Å². The predicted molar refractivity (Wildman–Crippen MR) is 128 cm³/mol. The molecular weight excluding hydrogens is 400 g/mol. The minimum Gasteiger partial charge on any atom is -0.463 e. The topological polar surface area (TPSA) is 59.0 Å². The summed E-state index contributed by atoms with van der Waals surface area (Å²) in [5.41, 5.74) is 6.13. The van der Waals surface area contributed by atoms with Gasteiger partial charge in [0.15, 0.2) is 0 Å². The number of fused-ring (bicyclic) bond motifs is 1. The lowest BCUT2D eigenvalue weighted by molar-refractivity contribution is -0.138. The first-order valence-corrected chi connectivity index (χ1v) is 11.4. The SMILES string of the molecule is CCOC(=O)C1=Cc2cc(-c3ccc(C(=O)N4CCCC4)cc3)ccc2N=C(C(C)C)C1. The van der Waals surface area contributed by atoms with Crippen LogP contribution in [0.15, 0.2) is 53.0 Å². The maximum absolute atomic E-state index is 12.6. The van der Waals surface area contributed by atoms with Gasteiger partial charge in [-0.2, -0.15) is 0 Å². The van der Waals surface area contributed by atoms with Crippen LogP contribution in [0.3, 0.4) is 0 Å². The van der Waals surface area contributed by atoms with E-state index in [1.54, 1.807) is 0 Å². The Morgan fingerprint density at radius 1 is 1.03 bits per heavy atom. The zero-order valence-electron chi connectivity index (χ0n) is 19.1. The number of nitrogens with zero attached hydrogens (tertiary/aromatic N) is 2. The lowest BCUT2D eigenvalue weighted by Gasteiger charge is -2.15. The van der Waals surface area contributed by atoms with Gasteiger partial charge in [-0.25, -0.2) is 4.79 Å². The Morgan fingerprint density at radius 3 is 2.38 bits per heavy atom. The van der Waals surface area contributed by atoms with Gasteiger partial charge in [0.2, 0.25) is 0 Å². The van der Waals surface area contributed by atoms with Gasteiger partial charge in [-0.1, -0.05) is 32.0 Å². The predicted octanol–water partition coefficient (Wildman–Crippen LogP) is 5.67. The molecule has 0 N–H and O–H groups in total. The second-order valence-corrected chi connectivity index (χ2v) is 8.67. The third-order valence-corrected chi connectivity index (χ3v) is 6.06. The molecule has 0 aliphatic carbocycles. The highest BCUT2D eigenvalue weighted by atomic mass is 16.5. The summed E-state index contributed by atoms with van der Waals surface area (Å²) in [6.45, 7) is 8.04. The zero-order valence-corrected chi connectivity index (χ0v) is 19.1. The molecule has 32 heavy (non-hydrogen) atoms. The molecule has 2 aliphatic heterocycles. The number of rotatable bonds is 5. The number of carbonyl (C=O) groups is 2. The van der Waals surface area contributed by atoms with E-state index >= 15 is 0 Å². The van der Waals surface area contributed by atoms with Crippen molar-refractivity contribution in [2.75, 3.05) is 19.7 Å². The monoisotopic (exact) mass is 430 g/mol. The number of aliphatic imine (C=N–C) groups is 1. The fourth-order valence-corrected chi connectivity index (χ4v) is 4.18. The molecule has 2 aromatic rings. The molecule has 2 heterocycles. The molecule has 0 spiro atoms. The summed E-state index contributed by atoms with van der Waals surface area (Å²) in [6, 6.07) is 13.9. The minimum atomic E-state index is -0.288. The molecule has 0 atom stereocenters. The fourth-order valence-electron chi connectivity index (χ4n) is 4.18. The summed E-state index contributed by atoms with van der Waals surface area (Å²) in [5.74, 6) is 0.0524. The first-order valence-electron chi connectivity index (χ1n) is 11.4. The number of benzene rings is 2. The first kappa shape index (κ1) is 22.0. The molecule has 1 fully saturated rings. The molecular formula is C27H30N2O3. The second kappa shape index (κ2) is 9.51. The van der Waals surface area contributed by atoms with E-state index in [2.05, 4.69) is 19.9 Å². The molecule has 166 valence electrons. The van der Waals surface area contributed by atoms with Crippen LogP contribution >= 0.6 is 0 Å². The second-order valence-electron chi connectivity index (χ2n) is 8.67. The van der Waals surface area contributed by atoms with Crippen LogP contribution in [0.5, 0.6) is 0 Å². The van der Waals surface area contributed by atoms with Crippen LogP contribution in [0.1, 0.15) is 56.0 Å². The first-order chi connectivity index (χ1) is 15.5. The Hall–Kier alpha value is -3.21. The smallest absolute Gasteiger partial charge is 0.334 e. The van der Waals surface area contributed by atoms with Crippen LogP contribution in [0, 0.1) is 5.92 Å². The van der Waals surface area contributed by atoms with Gasteiger partial charge < -0.3 is 9.64 Å². The highest BCUT2D eigenvalue weighted by Gasteiger charge is 2.21. The van der Waals surface area contributed by atoms with Crippen LogP contribution in [0.4, 0.5) is 5.69 Å². The van der Waals surface area contributed by atoms with Gasteiger partial charge in [-0.05, 0) is 67.2 Å². The van der Waals surface area contributed by atoms with E-state index in [0.717, 1.165) is 59.6 Å². The van der Waals surface area contributed by atoms with E-state index in [1.165, 1.54) is 0 Å². The standard InChI is InChI=1S/C27H30N2O3/c1-4-32-27(31)23-16-22-15-21(11-12-24(22)28-25(17-23)18(2)3)19-7-9-20(10-8-19)26(30)29-13-5-6-14-29/h7-12,15-16,18H,4-6,13-14,17H2,1-3H3. The molecule has 1 amide bonds. The van der Waals surface area contributed by atoms with Gasteiger partial charge in [0.1, 0.15) is 0 Å². The van der Waals surface area contributed by atoms with Gasteiger partial charge in [0, 0.05) is 41.9 Å². The number of hydrogen-bond acceptors (Lipinski definition) is 4. The zero-order chi connectivity index (χ0) is 22.7.